The van der Waals surface area contributed by atoms with Gasteiger partial charge >= 0.3 is 0 Å². The second-order valence-electron chi connectivity index (χ2n) is 4.31. The average molecular weight is 221 g/mol. The fourth-order valence-corrected chi connectivity index (χ4v) is 2.31. The lowest BCUT2D eigenvalue weighted by atomic mass is 10.1. The summed E-state index contributed by atoms with van der Waals surface area (Å²) in [6.07, 6.45) is 3.12. The van der Waals surface area contributed by atoms with E-state index in [-0.39, 0.29) is 5.56 Å². The van der Waals surface area contributed by atoms with Crippen LogP contribution in [-0.4, -0.2) is 29.7 Å². The van der Waals surface area contributed by atoms with Crippen molar-refractivity contribution in [2.45, 2.75) is 25.9 Å². The van der Waals surface area contributed by atoms with Gasteiger partial charge in [-0.3, -0.25) is 9.78 Å². The minimum Gasteiger partial charge on any atom is -0.376 e. The molecule has 3 rings (SSSR count). The largest absolute Gasteiger partial charge is 0.376 e. The molecule has 0 atom stereocenters. The molecule has 0 aliphatic carbocycles. The summed E-state index contributed by atoms with van der Waals surface area (Å²) in [6.45, 7) is 3.07. The zero-order valence-electron chi connectivity index (χ0n) is 9.16. The van der Waals surface area contributed by atoms with Gasteiger partial charge in [0, 0.05) is 19.5 Å². The highest BCUT2D eigenvalue weighted by Crippen LogP contribution is 2.17. The van der Waals surface area contributed by atoms with E-state index in [1.165, 1.54) is 12.8 Å². The molecule has 86 valence electrons. The molecule has 2 aliphatic rings. The van der Waals surface area contributed by atoms with Gasteiger partial charge in [0.15, 0.2) is 0 Å². The quantitative estimate of drug-likeness (QED) is 0.747. The maximum atomic E-state index is 11.8. The van der Waals surface area contributed by atoms with Crippen LogP contribution in [-0.2, 0) is 17.8 Å². The lowest BCUT2D eigenvalue weighted by molar-refractivity contribution is 0.108. The maximum absolute atomic E-state index is 11.8. The predicted molar refractivity (Wildman–Crippen MR) is 59.7 cm³/mol. The summed E-state index contributed by atoms with van der Waals surface area (Å²) in [4.78, 5) is 21.4. The first kappa shape index (κ1) is 9.84. The summed E-state index contributed by atoms with van der Waals surface area (Å²) in [5.41, 5.74) is 1.58. The summed E-state index contributed by atoms with van der Waals surface area (Å²) in [7, 11) is 0. The van der Waals surface area contributed by atoms with Crippen LogP contribution in [0.25, 0.3) is 0 Å². The van der Waals surface area contributed by atoms with Gasteiger partial charge in [-0.1, -0.05) is 0 Å². The second kappa shape index (κ2) is 3.90. The van der Waals surface area contributed by atoms with Crippen molar-refractivity contribution in [2.75, 3.05) is 24.6 Å². The van der Waals surface area contributed by atoms with E-state index in [0.717, 1.165) is 31.2 Å². The SMILES string of the molecule is O=c1[nH]c(N2CCCC2)nc2c1COCC2. The Bertz CT molecular complexity index is 449. The van der Waals surface area contributed by atoms with Gasteiger partial charge in [0.2, 0.25) is 5.95 Å². The highest BCUT2D eigenvalue weighted by atomic mass is 16.5. The third-order valence-corrected chi connectivity index (χ3v) is 3.22. The van der Waals surface area contributed by atoms with E-state index in [2.05, 4.69) is 14.9 Å². The van der Waals surface area contributed by atoms with Gasteiger partial charge in [-0.15, -0.1) is 0 Å². The summed E-state index contributed by atoms with van der Waals surface area (Å²) in [5.74, 6) is 0.739. The molecule has 2 aliphatic heterocycles. The number of aromatic nitrogens is 2. The van der Waals surface area contributed by atoms with Crippen LogP contribution in [0.3, 0.4) is 0 Å². The molecule has 0 amide bonds. The Labute approximate surface area is 93.4 Å². The molecule has 1 fully saturated rings. The smallest absolute Gasteiger partial charge is 0.258 e. The van der Waals surface area contributed by atoms with Crippen molar-refractivity contribution >= 4 is 5.95 Å². The highest BCUT2D eigenvalue weighted by molar-refractivity contribution is 5.34. The molecule has 0 spiro atoms. The van der Waals surface area contributed by atoms with E-state index in [1.807, 2.05) is 0 Å². The Morgan fingerprint density at radius 3 is 2.94 bits per heavy atom. The number of hydrogen-bond donors (Lipinski definition) is 1. The Morgan fingerprint density at radius 2 is 2.12 bits per heavy atom. The van der Waals surface area contributed by atoms with Crippen LogP contribution >= 0.6 is 0 Å². The monoisotopic (exact) mass is 221 g/mol. The van der Waals surface area contributed by atoms with Crippen molar-refractivity contribution in [3.05, 3.63) is 21.6 Å². The lowest BCUT2D eigenvalue weighted by Crippen LogP contribution is -2.29. The third kappa shape index (κ3) is 1.61. The van der Waals surface area contributed by atoms with E-state index in [9.17, 15) is 4.79 Å². The van der Waals surface area contributed by atoms with Gasteiger partial charge in [0.05, 0.1) is 24.5 Å². The van der Waals surface area contributed by atoms with Crippen molar-refractivity contribution in [2.24, 2.45) is 0 Å². The summed E-state index contributed by atoms with van der Waals surface area (Å²) >= 11 is 0. The minimum absolute atomic E-state index is 0.0356. The minimum atomic E-state index is -0.0356. The van der Waals surface area contributed by atoms with Crippen molar-refractivity contribution in [1.29, 1.82) is 0 Å². The van der Waals surface area contributed by atoms with Crippen molar-refractivity contribution in [3.63, 3.8) is 0 Å². The van der Waals surface area contributed by atoms with Crippen LogP contribution in [0.5, 0.6) is 0 Å². The molecule has 0 aromatic carbocycles. The van der Waals surface area contributed by atoms with Crippen LogP contribution < -0.4 is 10.5 Å². The Balaban J connectivity index is 2.01. The molecule has 0 radical (unpaired) electrons. The first-order chi connectivity index (χ1) is 7.84. The normalized spacial score (nSPS) is 19.9. The molecule has 16 heavy (non-hydrogen) atoms. The molecule has 1 saturated heterocycles. The van der Waals surface area contributed by atoms with Crippen LogP contribution in [0, 0.1) is 0 Å². The highest BCUT2D eigenvalue weighted by Gasteiger charge is 2.20. The Morgan fingerprint density at radius 1 is 1.31 bits per heavy atom. The number of rotatable bonds is 1. The summed E-state index contributed by atoms with van der Waals surface area (Å²) in [5, 5.41) is 0. The van der Waals surface area contributed by atoms with Crippen LogP contribution in [0.15, 0.2) is 4.79 Å². The number of nitrogens with one attached hydrogen (secondary N) is 1. The van der Waals surface area contributed by atoms with Gasteiger partial charge in [-0.25, -0.2) is 4.98 Å². The lowest BCUT2D eigenvalue weighted by Gasteiger charge is -2.20. The molecular weight excluding hydrogens is 206 g/mol. The molecule has 3 heterocycles. The Hall–Kier alpha value is -1.36. The van der Waals surface area contributed by atoms with Gasteiger partial charge in [0.25, 0.3) is 5.56 Å². The molecule has 0 unspecified atom stereocenters. The van der Waals surface area contributed by atoms with Gasteiger partial charge in [-0.05, 0) is 12.8 Å². The predicted octanol–water partition coefficient (Wildman–Crippen LogP) is 0.443. The van der Waals surface area contributed by atoms with Gasteiger partial charge in [-0.2, -0.15) is 0 Å². The van der Waals surface area contributed by atoms with E-state index in [1.54, 1.807) is 0 Å². The fourth-order valence-electron chi connectivity index (χ4n) is 2.31. The van der Waals surface area contributed by atoms with Crippen LogP contribution in [0.4, 0.5) is 5.95 Å². The van der Waals surface area contributed by atoms with Crippen LogP contribution in [0.1, 0.15) is 24.1 Å². The molecule has 1 aromatic heterocycles. The van der Waals surface area contributed by atoms with Gasteiger partial charge in [0.1, 0.15) is 0 Å². The average Bonchev–Trinajstić information content (AvgIpc) is 2.82. The molecular formula is C11H15N3O2. The van der Waals surface area contributed by atoms with Crippen molar-refractivity contribution in [3.8, 4) is 0 Å². The molecule has 5 nitrogen and oxygen atoms in total. The van der Waals surface area contributed by atoms with E-state index in [4.69, 9.17) is 4.74 Å². The molecule has 1 aromatic rings. The maximum Gasteiger partial charge on any atom is 0.258 e. The molecule has 0 saturated carbocycles. The number of fused-ring (bicyclic) bond motifs is 1. The van der Waals surface area contributed by atoms with Crippen LogP contribution in [0.2, 0.25) is 0 Å². The number of ether oxygens (including phenoxy) is 1. The summed E-state index contributed by atoms with van der Waals surface area (Å²) in [6, 6.07) is 0. The zero-order chi connectivity index (χ0) is 11.0. The Kier molecular flexibility index (Phi) is 2.40. The number of H-pyrrole nitrogens is 1. The van der Waals surface area contributed by atoms with Crippen molar-refractivity contribution in [1.82, 2.24) is 9.97 Å². The zero-order valence-corrected chi connectivity index (χ0v) is 9.16. The first-order valence-corrected chi connectivity index (χ1v) is 5.79. The summed E-state index contributed by atoms with van der Waals surface area (Å²) < 4.78 is 5.27. The van der Waals surface area contributed by atoms with Gasteiger partial charge < -0.3 is 9.64 Å². The first-order valence-electron chi connectivity index (χ1n) is 5.79. The molecule has 5 heteroatoms. The number of aromatic amines is 1. The van der Waals surface area contributed by atoms with Crippen molar-refractivity contribution < 1.29 is 4.74 Å². The third-order valence-electron chi connectivity index (χ3n) is 3.22. The topological polar surface area (TPSA) is 58.2 Å². The van der Waals surface area contributed by atoms with E-state index >= 15 is 0 Å². The molecule has 0 bridgehead atoms. The number of hydrogen-bond acceptors (Lipinski definition) is 4. The number of anilines is 1. The standard InChI is InChI=1S/C11H15N3O2/c15-10-8-7-16-6-3-9(8)12-11(13-10)14-4-1-2-5-14/h1-7H2,(H,12,13,15). The van der Waals surface area contributed by atoms with E-state index < -0.39 is 0 Å². The van der Waals surface area contributed by atoms with E-state index in [0.29, 0.717) is 18.8 Å². The fraction of sp³-hybridized carbons (Fsp3) is 0.636. The molecule has 1 N–H and O–H groups in total. The number of nitrogens with zero attached hydrogens (tertiary/aromatic N) is 2. The second-order valence-corrected chi connectivity index (χ2v) is 4.31.